The number of benzene rings is 3. The molecule has 2 aliphatic rings. The van der Waals surface area contributed by atoms with Crippen molar-refractivity contribution >= 4 is 11.9 Å². The molecule has 270 valence electrons. The number of nitrogens with one attached hydrogen (secondary N) is 1. The van der Waals surface area contributed by atoms with Gasteiger partial charge >= 0.3 is 12.1 Å². The summed E-state index contributed by atoms with van der Waals surface area (Å²) in [5.41, 5.74) is -2.49. The van der Waals surface area contributed by atoms with Gasteiger partial charge in [0.05, 0.1) is 29.7 Å². The van der Waals surface area contributed by atoms with Gasteiger partial charge in [0.2, 0.25) is 5.91 Å². The highest BCUT2D eigenvalue weighted by Crippen LogP contribution is 2.41. The molecule has 4 bridgehead atoms. The summed E-state index contributed by atoms with van der Waals surface area (Å²) in [4.78, 5) is 41.5. The Balaban J connectivity index is 1.60. The first-order valence-corrected chi connectivity index (χ1v) is 16.1. The predicted octanol–water partition coefficient (Wildman–Crippen LogP) is 6.52. The summed E-state index contributed by atoms with van der Waals surface area (Å²) in [6, 6.07) is 7.50. The minimum Gasteiger partial charge on any atom is -0.481 e. The van der Waals surface area contributed by atoms with E-state index >= 15 is 8.78 Å². The maximum absolute atomic E-state index is 15.9. The van der Waals surface area contributed by atoms with Crippen molar-refractivity contribution in [3.63, 3.8) is 0 Å². The Labute approximate surface area is 292 Å². The van der Waals surface area contributed by atoms with Gasteiger partial charge in [-0.1, -0.05) is 0 Å². The number of aromatic nitrogens is 1. The number of pyridine rings is 1. The highest BCUT2D eigenvalue weighted by Gasteiger charge is 2.38. The lowest BCUT2D eigenvalue weighted by atomic mass is 9.91. The second kappa shape index (κ2) is 13.8. The smallest absolute Gasteiger partial charge is 0.416 e. The van der Waals surface area contributed by atoms with E-state index in [1.807, 2.05) is 6.07 Å². The number of hydrogen-bond donors (Lipinski definition) is 2. The van der Waals surface area contributed by atoms with Crippen molar-refractivity contribution in [1.82, 2.24) is 14.8 Å². The lowest BCUT2D eigenvalue weighted by Crippen LogP contribution is -2.49. The number of likely N-dealkylation sites (tertiary alicyclic amines) is 1. The molecule has 0 aliphatic carbocycles. The maximum Gasteiger partial charge on any atom is 0.416 e. The van der Waals surface area contributed by atoms with Crippen molar-refractivity contribution in [2.24, 2.45) is 0 Å². The van der Waals surface area contributed by atoms with E-state index in [1.165, 1.54) is 31.2 Å². The molecule has 6 rings (SSSR count). The molecule has 0 saturated carbocycles. The van der Waals surface area contributed by atoms with Gasteiger partial charge in [0.1, 0.15) is 35.3 Å². The third-order valence-corrected chi connectivity index (χ3v) is 9.17. The Morgan fingerprint density at radius 2 is 1.77 bits per heavy atom. The van der Waals surface area contributed by atoms with Gasteiger partial charge in [-0.3, -0.25) is 23.9 Å². The molecule has 1 saturated heterocycles. The third kappa shape index (κ3) is 7.11. The second-order valence-electron chi connectivity index (χ2n) is 12.9. The highest BCUT2D eigenvalue weighted by molar-refractivity contribution is 5.85. The van der Waals surface area contributed by atoms with Crippen LogP contribution in [-0.4, -0.2) is 52.3 Å². The van der Waals surface area contributed by atoms with Gasteiger partial charge in [-0.2, -0.15) is 18.4 Å². The quantitative estimate of drug-likeness (QED) is 0.217. The summed E-state index contributed by atoms with van der Waals surface area (Å²) in [6.07, 6.45) is -6.55. The molecule has 2 N–H and O–H groups in total. The number of aliphatic carboxylic acids is 1. The summed E-state index contributed by atoms with van der Waals surface area (Å²) in [6.45, 7) is 3.07. The van der Waals surface area contributed by atoms with Crippen LogP contribution in [0.3, 0.4) is 0 Å². The fourth-order valence-corrected chi connectivity index (χ4v) is 6.69. The van der Waals surface area contributed by atoms with Crippen LogP contribution in [0.1, 0.15) is 57.4 Å². The minimum absolute atomic E-state index is 0.00470. The van der Waals surface area contributed by atoms with Gasteiger partial charge in [-0.15, -0.1) is 0 Å². The van der Waals surface area contributed by atoms with Crippen molar-refractivity contribution in [2.75, 3.05) is 19.6 Å². The lowest BCUT2D eigenvalue weighted by Gasteiger charge is -2.34. The highest BCUT2D eigenvalue weighted by atomic mass is 19.4. The second-order valence-corrected chi connectivity index (χ2v) is 12.9. The van der Waals surface area contributed by atoms with Crippen LogP contribution in [0.5, 0.6) is 11.5 Å². The normalized spacial score (nSPS) is 17.7. The van der Waals surface area contributed by atoms with E-state index in [2.05, 4.69) is 5.32 Å². The molecule has 1 fully saturated rings. The van der Waals surface area contributed by atoms with Crippen LogP contribution in [0, 0.1) is 36.8 Å². The Kier molecular flexibility index (Phi) is 9.63. The van der Waals surface area contributed by atoms with Gasteiger partial charge < -0.3 is 15.2 Å². The standard InChI is InChI=1S/C37H30F6N4O5/c1-18-7-20(14-44)9-30-33(18)22-8-19(2)34(40)26(10-22)29(13-32(49)50)45-36(51)35(25-11-24(52-30)3-4-28(25)39)47-15-21(5-6-46-16-23(38)17-46)27(12-31(47)48)37(41,42)43/h3-4,7-12,15,23,29,35H,5-6,13,16-17H2,1-2H3,(H,45,51)(H,49,50). The van der Waals surface area contributed by atoms with E-state index in [4.69, 9.17) is 4.74 Å². The van der Waals surface area contributed by atoms with Crippen molar-refractivity contribution in [3.8, 4) is 28.7 Å². The molecule has 3 heterocycles. The minimum atomic E-state index is -5.00. The summed E-state index contributed by atoms with van der Waals surface area (Å²) in [5.74, 6) is -4.69. The molecule has 0 radical (unpaired) electrons. The SMILES string of the molecule is Cc1cc2cc(c1F)C(CC(=O)O)NC(=O)C(n1cc(CCN3CC(F)C3)c(C(F)(F)F)cc1=O)c1cc(ccc1F)Oc1cc(C#N)cc(C)c1-2. The lowest BCUT2D eigenvalue weighted by molar-refractivity contribution is -0.139. The summed E-state index contributed by atoms with van der Waals surface area (Å²) in [7, 11) is 0. The molecule has 52 heavy (non-hydrogen) atoms. The molecular weight excluding hydrogens is 694 g/mol. The summed E-state index contributed by atoms with van der Waals surface area (Å²) >= 11 is 0. The number of carboxylic acid groups (broad SMARTS) is 1. The zero-order chi connectivity index (χ0) is 37.6. The van der Waals surface area contributed by atoms with E-state index < -0.39 is 76.6 Å². The number of carbonyl (C=O) groups is 2. The van der Waals surface area contributed by atoms with Crippen LogP contribution in [-0.2, 0) is 22.2 Å². The number of ether oxygens (including phenoxy) is 1. The number of hydrogen-bond acceptors (Lipinski definition) is 6. The number of fused-ring (bicyclic) bond motifs is 6. The number of nitriles is 1. The van der Waals surface area contributed by atoms with E-state index in [0.717, 1.165) is 18.3 Å². The molecule has 2 unspecified atom stereocenters. The predicted molar refractivity (Wildman–Crippen MR) is 175 cm³/mol. The monoisotopic (exact) mass is 724 g/mol. The fraction of sp³-hybridized carbons (Fsp3) is 0.297. The average Bonchev–Trinajstić information content (AvgIpc) is 3.05. The fourth-order valence-electron chi connectivity index (χ4n) is 6.69. The number of alkyl halides is 4. The molecule has 4 aromatic rings. The van der Waals surface area contributed by atoms with Crippen LogP contribution in [0.2, 0.25) is 0 Å². The van der Waals surface area contributed by atoms with E-state index in [9.17, 15) is 42.3 Å². The maximum atomic E-state index is 15.9. The summed E-state index contributed by atoms with van der Waals surface area (Å²) < 4.78 is 94.6. The molecule has 9 nitrogen and oxygen atoms in total. The number of nitrogens with zero attached hydrogens (tertiary/aromatic N) is 3. The van der Waals surface area contributed by atoms with Crippen LogP contribution < -0.4 is 15.6 Å². The van der Waals surface area contributed by atoms with Crippen LogP contribution in [0.15, 0.2) is 59.5 Å². The molecule has 1 amide bonds. The molecule has 0 spiro atoms. The summed E-state index contributed by atoms with van der Waals surface area (Å²) in [5, 5.41) is 22.0. The van der Waals surface area contributed by atoms with Gasteiger partial charge in [-0.25, -0.2) is 13.2 Å². The largest absolute Gasteiger partial charge is 0.481 e. The first kappa shape index (κ1) is 36.2. The van der Waals surface area contributed by atoms with Gasteiger partial charge in [0.15, 0.2) is 0 Å². The molecule has 15 heteroatoms. The van der Waals surface area contributed by atoms with Crippen molar-refractivity contribution < 1.29 is 45.8 Å². The van der Waals surface area contributed by atoms with E-state index in [0.29, 0.717) is 21.3 Å². The van der Waals surface area contributed by atoms with Crippen LogP contribution in [0.4, 0.5) is 26.3 Å². The Morgan fingerprint density at radius 1 is 1.04 bits per heavy atom. The zero-order valence-electron chi connectivity index (χ0n) is 27.7. The molecular formula is C37H30F6N4O5. The number of amides is 1. The third-order valence-electron chi connectivity index (χ3n) is 9.17. The van der Waals surface area contributed by atoms with Gasteiger partial charge in [0.25, 0.3) is 5.56 Å². The topological polar surface area (TPSA) is 125 Å². The number of carboxylic acids is 1. The van der Waals surface area contributed by atoms with Crippen molar-refractivity contribution in [2.45, 2.75) is 51.1 Å². The number of carbonyl (C=O) groups excluding carboxylic acids is 1. The molecule has 2 aliphatic heterocycles. The molecule has 3 aromatic carbocycles. The molecule has 1 aromatic heterocycles. The first-order chi connectivity index (χ1) is 24.5. The van der Waals surface area contributed by atoms with Gasteiger partial charge in [0, 0.05) is 48.6 Å². The number of rotatable bonds is 6. The first-order valence-electron chi connectivity index (χ1n) is 16.1. The van der Waals surface area contributed by atoms with Crippen molar-refractivity contribution in [1.29, 1.82) is 5.26 Å². The molecule has 2 atom stereocenters. The van der Waals surface area contributed by atoms with E-state index in [1.54, 1.807) is 17.9 Å². The average molecular weight is 725 g/mol. The van der Waals surface area contributed by atoms with Crippen molar-refractivity contribution in [3.05, 3.63) is 116 Å². The van der Waals surface area contributed by atoms with Crippen LogP contribution in [0.25, 0.3) is 11.1 Å². The number of halogens is 6. The van der Waals surface area contributed by atoms with E-state index in [-0.39, 0.29) is 60.3 Å². The van der Waals surface area contributed by atoms with Gasteiger partial charge in [-0.05, 0) is 85.0 Å². The Morgan fingerprint density at radius 3 is 2.42 bits per heavy atom. The zero-order valence-corrected chi connectivity index (χ0v) is 27.7. The number of aryl methyl sites for hydroxylation is 2. The Bertz CT molecular complexity index is 2210. The van der Waals surface area contributed by atoms with Crippen LogP contribution >= 0.6 is 0 Å². The Hall–Kier alpha value is -5.62.